The average Bonchev–Trinajstić information content (AvgIpc) is 2.69. The van der Waals surface area contributed by atoms with Crippen LogP contribution in [-0.2, 0) is 6.42 Å². The van der Waals surface area contributed by atoms with Crippen molar-refractivity contribution in [1.82, 2.24) is 10.6 Å². The lowest BCUT2D eigenvalue weighted by Gasteiger charge is -2.15. The fourth-order valence-corrected chi connectivity index (χ4v) is 2.59. The molecule has 0 aromatic heterocycles. The Morgan fingerprint density at radius 1 is 1.18 bits per heavy atom. The molecule has 0 fully saturated rings. The summed E-state index contributed by atoms with van der Waals surface area (Å²) >= 11 is 0. The van der Waals surface area contributed by atoms with Gasteiger partial charge in [-0.15, -0.1) is 0 Å². The Labute approximate surface area is 165 Å². The number of aliphatic imine (C=N–C) groups is 1. The molecule has 2 aromatic rings. The van der Waals surface area contributed by atoms with Gasteiger partial charge in [-0.25, -0.2) is 9.38 Å². The molecule has 0 saturated carbocycles. The highest BCUT2D eigenvalue weighted by atomic mass is 19.1. The first-order valence-electron chi connectivity index (χ1n) is 9.32. The highest BCUT2D eigenvalue weighted by Crippen LogP contribution is 2.29. The number of phenols is 1. The Kier molecular flexibility index (Phi) is 8.39. The Bertz CT molecular complexity index is 766. The van der Waals surface area contributed by atoms with E-state index in [1.807, 2.05) is 26.0 Å². The molecule has 0 saturated heterocycles. The maximum absolute atomic E-state index is 13.0. The molecule has 0 spiro atoms. The summed E-state index contributed by atoms with van der Waals surface area (Å²) in [6.07, 6.45) is 0.457. The minimum atomic E-state index is -0.293. The van der Waals surface area contributed by atoms with Crippen LogP contribution in [0.25, 0.3) is 0 Å². The van der Waals surface area contributed by atoms with E-state index >= 15 is 0 Å². The zero-order valence-electron chi connectivity index (χ0n) is 16.5. The molecule has 0 heterocycles. The van der Waals surface area contributed by atoms with E-state index in [1.165, 1.54) is 19.2 Å². The molecule has 0 bridgehead atoms. The molecular weight excluding hydrogens is 361 g/mol. The monoisotopic (exact) mass is 389 g/mol. The van der Waals surface area contributed by atoms with Crippen LogP contribution in [0.4, 0.5) is 4.39 Å². The first kappa shape index (κ1) is 21.3. The third kappa shape index (κ3) is 6.64. The number of halogens is 1. The van der Waals surface area contributed by atoms with Gasteiger partial charge in [-0.1, -0.05) is 12.1 Å². The SMILES string of the molecule is CCNC(=NCC(C)Oc1ccc(F)cc1)NCCc1cccc(OC)c1O. The largest absolute Gasteiger partial charge is 0.504 e. The van der Waals surface area contributed by atoms with Crippen molar-refractivity contribution in [2.24, 2.45) is 4.99 Å². The Morgan fingerprint density at radius 3 is 2.61 bits per heavy atom. The number of phenolic OH excluding ortho intramolecular Hbond substituents is 1. The van der Waals surface area contributed by atoms with E-state index in [4.69, 9.17) is 9.47 Å². The zero-order chi connectivity index (χ0) is 20.4. The lowest BCUT2D eigenvalue weighted by molar-refractivity contribution is 0.230. The second-order valence-electron chi connectivity index (χ2n) is 6.25. The van der Waals surface area contributed by atoms with Gasteiger partial charge < -0.3 is 25.2 Å². The molecule has 152 valence electrons. The van der Waals surface area contributed by atoms with E-state index in [-0.39, 0.29) is 17.7 Å². The summed E-state index contributed by atoms with van der Waals surface area (Å²) in [6.45, 7) is 5.66. The van der Waals surface area contributed by atoms with Gasteiger partial charge in [0.1, 0.15) is 17.7 Å². The van der Waals surface area contributed by atoms with E-state index in [0.29, 0.717) is 37.0 Å². The molecule has 0 amide bonds. The first-order chi connectivity index (χ1) is 13.5. The maximum Gasteiger partial charge on any atom is 0.191 e. The van der Waals surface area contributed by atoms with Crippen molar-refractivity contribution in [2.45, 2.75) is 26.4 Å². The Morgan fingerprint density at radius 2 is 1.93 bits per heavy atom. The quantitative estimate of drug-likeness (QED) is 0.454. The molecule has 6 nitrogen and oxygen atoms in total. The number of rotatable bonds is 9. The van der Waals surface area contributed by atoms with Crippen molar-refractivity contribution >= 4 is 5.96 Å². The van der Waals surface area contributed by atoms with Crippen LogP contribution in [0, 0.1) is 5.82 Å². The van der Waals surface area contributed by atoms with Crippen molar-refractivity contribution < 1.29 is 19.0 Å². The van der Waals surface area contributed by atoms with Gasteiger partial charge in [-0.05, 0) is 56.2 Å². The van der Waals surface area contributed by atoms with Crippen LogP contribution >= 0.6 is 0 Å². The highest BCUT2D eigenvalue weighted by Gasteiger charge is 2.08. The lowest BCUT2D eigenvalue weighted by Crippen LogP contribution is -2.39. The van der Waals surface area contributed by atoms with E-state index in [0.717, 1.165) is 12.1 Å². The van der Waals surface area contributed by atoms with Crippen LogP contribution in [0.3, 0.4) is 0 Å². The standard InChI is InChI=1S/C21H28FN3O3/c1-4-23-21(24-13-12-16-6-5-7-19(27-3)20(16)26)25-14-15(2)28-18-10-8-17(22)9-11-18/h5-11,15,26H,4,12-14H2,1-3H3,(H2,23,24,25). The van der Waals surface area contributed by atoms with Crippen LogP contribution in [0.1, 0.15) is 19.4 Å². The number of hydrogen-bond acceptors (Lipinski definition) is 4. The van der Waals surface area contributed by atoms with Gasteiger partial charge in [0, 0.05) is 13.1 Å². The van der Waals surface area contributed by atoms with E-state index < -0.39 is 0 Å². The van der Waals surface area contributed by atoms with Gasteiger partial charge in [-0.3, -0.25) is 0 Å². The van der Waals surface area contributed by atoms with Crippen molar-refractivity contribution in [3.05, 3.63) is 53.8 Å². The minimum Gasteiger partial charge on any atom is -0.504 e. The summed E-state index contributed by atoms with van der Waals surface area (Å²) in [5, 5.41) is 16.6. The number of aromatic hydroxyl groups is 1. The van der Waals surface area contributed by atoms with Crippen molar-refractivity contribution in [3.8, 4) is 17.2 Å². The summed E-state index contributed by atoms with van der Waals surface area (Å²) < 4.78 is 23.8. The number of nitrogens with zero attached hydrogens (tertiary/aromatic N) is 1. The van der Waals surface area contributed by atoms with Crippen molar-refractivity contribution in [2.75, 3.05) is 26.7 Å². The molecule has 0 aliphatic heterocycles. The van der Waals surface area contributed by atoms with Crippen LogP contribution in [0.5, 0.6) is 17.2 Å². The predicted octanol–water partition coefficient (Wildman–Crippen LogP) is 3.11. The van der Waals surface area contributed by atoms with E-state index in [1.54, 1.807) is 18.2 Å². The number of para-hydroxylation sites is 1. The summed E-state index contributed by atoms with van der Waals surface area (Å²) in [5.41, 5.74) is 0.802. The smallest absolute Gasteiger partial charge is 0.191 e. The van der Waals surface area contributed by atoms with Crippen LogP contribution in [-0.4, -0.2) is 43.9 Å². The minimum absolute atomic E-state index is 0.162. The summed E-state index contributed by atoms with van der Waals surface area (Å²) in [6, 6.07) is 11.4. The van der Waals surface area contributed by atoms with Gasteiger partial charge in [0.2, 0.25) is 0 Å². The number of methoxy groups -OCH3 is 1. The van der Waals surface area contributed by atoms with Gasteiger partial charge in [-0.2, -0.15) is 0 Å². The molecule has 0 radical (unpaired) electrons. The molecule has 2 rings (SSSR count). The first-order valence-corrected chi connectivity index (χ1v) is 9.32. The van der Waals surface area contributed by atoms with E-state index in [2.05, 4.69) is 15.6 Å². The average molecular weight is 389 g/mol. The highest BCUT2D eigenvalue weighted by molar-refractivity contribution is 5.79. The zero-order valence-corrected chi connectivity index (χ0v) is 16.5. The van der Waals surface area contributed by atoms with Gasteiger partial charge in [0.15, 0.2) is 17.5 Å². The Hall–Kier alpha value is -2.96. The molecule has 1 atom stereocenters. The second-order valence-corrected chi connectivity index (χ2v) is 6.25. The predicted molar refractivity (Wildman–Crippen MR) is 109 cm³/mol. The van der Waals surface area contributed by atoms with E-state index in [9.17, 15) is 9.50 Å². The Balaban J connectivity index is 1.86. The molecular formula is C21H28FN3O3. The number of nitrogens with one attached hydrogen (secondary N) is 2. The lowest BCUT2D eigenvalue weighted by atomic mass is 10.1. The molecule has 7 heteroatoms. The summed E-state index contributed by atoms with van der Waals surface area (Å²) in [4.78, 5) is 4.52. The summed E-state index contributed by atoms with van der Waals surface area (Å²) in [7, 11) is 1.53. The number of benzene rings is 2. The summed E-state index contributed by atoms with van der Waals surface area (Å²) in [5.74, 6) is 1.61. The fraction of sp³-hybridized carbons (Fsp3) is 0.381. The van der Waals surface area contributed by atoms with Crippen LogP contribution in [0.2, 0.25) is 0 Å². The third-order valence-corrected chi connectivity index (χ3v) is 3.99. The number of hydrogen-bond donors (Lipinski definition) is 3. The molecule has 3 N–H and O–H groups in total. The number of guanidine groups is 1. The topological polar surface area (TPSA) is 75.1 Å². The van der Waals surface area contributed by atoms with Crippen molar-refractivity contribution in [3.63, 3.8) is 0 Å². The van der Waals surface area contributed by atoms with Gasteiger partial charge in [0.05, 0.1) is 13.7 Å². The van der Waals surface area contributed by atoms with Crippen LogP contribution < -0.4 is 20.1 Å². The molecule has 2 aromatic carbocycles. The van der Waals surface area contributed by atoms with Crippen LogP contribution in [0.15, 0.2) is 47.5 Å². The number of ether oxygens (including phenoxy) is 2. The van der Waals surface area contributed by atoms with Gasteiger partial charge >= 0.3 is 0 Å². The molecule has 28 heavy (non-hydrogen) atoms. The normalized spacial score (nSPS) is 12.4. The maximum atomic E-state index is 13.0. The second kappa shape index (κ2) is 11.0. The molecule has 0 aliphatic rings. The van der Waals surface area contributed by atoms with Crippen molar-refractivity contribution in [1.29, 1.82) is 0 Å². The fourth-order valence-electron chi connectivity index (χ4n) is 2.59. The third-order valence-electron chi connectivity index (χ3n) is 3.99. The van der Waals surface area contributed by atoms with Gasteiger partial charge in [0.25, 0.3) is 0 Å². The molecule has 1 unspecified atom stereocenters. The molecule has 0 aliphatic carbocycles.